The molecule has 0 saturated carbocycles. The standard InChI is InChI=1S/C24H23FN8O4S/c1-11-29-16-5-3-13(7-19(16)38-11)33-24(27-10-28-33)23-22(36)20(21(35)18(9-34)37-23)32-8-17(30-31-32)12-2-4-15(26)14(25)6-12/h2-8,10,18,20-23,34-36H,9,26H2,1H3/t18-,20+,21+,22-,23-/m1/s1. The van der Waals surface area contributed by atoms with Crippen molar-refractivity contribution in [1.29, 1.82) is 0 Å². The predicted octanol–water partition coefficient (Wildman–Crippen LogP) is 1.56. The van der Waals surface area contributed by atoms with Gasteiger partial charge in [0.15, 0.2) is 5.82 Å². The van der Waals surface area contributed by atoms with E-state index in [9.17, 15) is 19.7 Å². The van der Waals surface area contributed by atoms with E-state index in [2.05, 4.69) is 25.4 Å². The zero-order valence-electron chi connectivity index (χ0n) is 20.0. The fourth-order valence-electron chi connectivity index (χ4n) is 4.67. The van der Waals surface area contributed by atoms with Crippen LogP contribution in [0.25, 0.3) is 27.2 Å². The topological polar surface area (TPSA) is 170 Å². The third-order valence-electron chi connectivity index (χ3n) is 6.56. The molecule has 1 fully saturated rings. The lowest BCUT2D eigenvalue weighted by atomic mass is 9.92. The van der Waals surface area contributed by atoms with E-state index in [0.717, 1.165) is 15.2 Å². The molecule has 3 aromatic heterocycles. The summed E-state index contributed by atoms with van der Waals surface area (Å²) in [6.07, 6.45) is -2.02. The summed E-state index contributed by atoms with van der Waals surface area (Å²) in [5.74, 6) is -0.330. The molecule has 196 valence electrons. The van der Waals surface area contributed by atoms with Crippen molar-refractivity contribution in [2.24, 2.45) is 0 Å². The summed E-state index contributed by atoms with van der Waals surface area (Å²) < 4.78 is 23.7. The maximum Gasteiger partial charge on any atom is 0.163 e. The van der Waals surface area contributed by atoms with Crippen LogP contribution in [0.3, 0.4) is 0 Å². The molecule has 1 aliphatic rings. The maximum absolute atomic E-state index is 14.0. The van der Waals surface area contributed by atoms with Crippen LogP contribution in [0, 0.1) is 12.7 Å². The zero-order valence-corrected chi connectivity index (χ0v) is 20.8. The molecular formula is C24H23FN8O4S. The second-order valence-corrected chi connectivity index (χ2v) is 10.2. The number of anilines is 1. The number of nitrogens with zero attached hydrogens (tertiary/aromatic N) is 7. The number of rotatable bonds is 5. The van der Waals surface area contributed by atoms with Crippen LogP contribution in [0.4, 0.5) is 10.1 Å². The first-order valence-electron chi connectivity index (χ1n) is 11.7. The highest BCUT2D eigenvalue weighted by molar-refractivity contribution is 7.18. The van der Waals surface area contributed by atoms with Gasteiger partial charge in [0, 0.05) is 5.56 Å². The summed E-state index contributed by atoms with van der Waals surface area (Å²) in [7, 11) is 0. The molecule has 6 rings (SSSR count). The minimum absolute atomic E-state index is 0.00113. The largest absolute Gasteiger partial charge is 0.396 e. The van der Waals surface area contributed by atoms with Crippen LogP contribution in [0.15, 0.2) is 48.9 Å². The first-order valence-corrected chi connectivity index (χ1v) is 12.5. The highest BCUT2D eigenvalue weighted by Gasteiger charge is 2.48. The Balaban J connectivity index is 1.36. The van der Waals surface area contributed by atoms with Gasteiger partial charge in [-0.1, -0.05) is 11.3 Å². The van der Waals surface area contributed by atoms with Crippen LogP contribution in [0.2, 0.25) is 0 Å². The minimum Gasteiger partial charge on any atom is -0.396 e. The Morgan fingerprint density at radius 1 is 1.16 bits per heavy atom. The van der Waals surface area contributed by atoms with Gasteiger partial charge < -0.3 is 25.8 Å². The fourth-order valence-corrected chi connectivity index (χ4v) is 5.53. The van der Waals surface area contributed by atoms with Gasteiger partial charge in [0.05, 0.1) is 39.4 Å². The normalized spacial score (nSPS) is 23.8. The van der Waals surface area contributed by atoms with Crippen LogP contribution in [-0.2, 0) is 4.74 Å². The number of aromatic nitrogens is 7. The van der Waals surface area contributed by atoms with Gasteiger partial charge in [-0.05, 0) is 37.3 Å². The van der Waals surface area contributed by atoms with E-state index < -0.39 is 42.9 Å². The summed E-state index contributed by atoms with van der Waals surface area (Å²) in [4.78, 5) is 8.81. The van der Waals surface area contributed by atoms with Gasteiger partial charge in [0.2, 0.25) is 0 Å². The lowest BCUT2D eigenvalue weighted by molar-refractivity contribution is -0.210. The van der Waals surface area contributed by atoms with Crippen LogP contribution in [0.5, 0.6) is 0 Å². The van der Waals surface area contributed by atoms with Crippen molar-refractivity contribution >= 4 is 27.2 Å². The highest BCUT2D eigenvalue weighted by atomic mass is 32.1. The van der Waals surface area contributed by atoms with Crippen LogP contribution >= 0.6 is 11.3 Å². The summed E-state index contributed by atoms with van der Waals surface area (Å²) in [6, 6.07) is 8.78. The number of hydrogen-bond donors (Lipinski definition) is 4. The Hall–Kier alpha value is -3.82. The van der Waals surface area contributed by atoms with Crippen molar-refractivity contribution < 1.29 is 24.4 Å². The SMILES string of the molecule is Cc1nc2ccc(-n3ncnc3[C@@H]3O[C@H](CO)[C@H](O)[C@H](n4cc(-c5ccc(N)c(F)c5)nn4)[C@H]3O)cc2s1. The number of aliphatic hydroxyl groups excluding tert-OH is 3. The number of thiazole rings is 1. The van der Waals surface area contributed by atoms with Gasteiger partial charge in [-0.25, -0.2) is 23.7 Å². The third-order valence-corrected chi connectivity index (χ3v) is 7.49. The molecule has 5 aromatic rings. The third kappa shape index (κ3) is 4.12. The van der Waals surface area contributed by atoms with Crippen molar-refractivity contribution in [1.82, 2.24) is 34.7 Å². The average molecular weight is 539 g/mol. The molecule has 38 heavy (non-hydrogen) atoms. The Labute approximate surface area is 218 Å². The van der Waals surface area contributed by atoms with Gasteiger partial charge in [-0.2, -0.15) is 5.10 Å². The molecule has 5 atom stereocenters. The molecule has 4 heterocycles. The number of aliphatic hydroxyl groups is 3. The molecule has 0 spiro atoms. The molecule has 0 bridgehead atoms. The van der Waals surface area contributed by atoms with Gasteiger partial charge in [0.1, 0.15) is 48.3 Å². The lowest BCUT2D eigenvalue weighted by Crippen LogP contribution is -2.53. The summed E-state index contributed by atoms with van der Waals surface area (Å²) in [5, 5.41) is 45.8. The van der Waals surface area contributed by atoms with Crippen LogP contribution < -0.4 is 5.73 Å². The van der Waals surface area contributed by atoms with E-state index in [1.54, 1.807) is 17.4 Å². The van der Waals surface area contributed by atoms with Gasteiger partial charge in [-0.15, -0.1) is 16.4 Å². The van der Waals surface area contributed by atoms with Gasteiger partial charge in [-0.3, -0.25) is 0 Å². The summed E-state index contributed by atoms with van der Waals surface area (Å²) >= 11 is 1.54. The van der Waals surface area contributed by atoms with E-state index in [-0.39, 0.29) is 11.5 Å². The number of ether oxygens (including phenoxy) is 1. The maximum atomic E-state index is 14.0. The minimum atomic E-state index is -1.36. The molecule has 0 unspecified atom stereocenters. The Kier molecular flexibility index (Phi) is 6.12. The summed E-state index contributed by atoms with van der Waals surface area (Å²) in [5.41, 5.74) is 7.83. The van der Waals surface area contributed by atoms with E-state index in [1.807, 2.05) is 25.1 Å². The number of hydrogen-bond acceptors (Lipinski definition) is 11. The Morgan fingerprint density at radius 3 is 2.79 bits per heavy atom. The summed E-state index contributed by atoms with van der Waals surface area (Å²) in [6.45, 7) is 1.41. The average Bonchev–Trinajstić information content (AvgIpc) is 3.65. The molecule has 12 nitrogen and oxygen atoms in total. The van der Waals surface area contributed by atoms with E-state index in [0.29, 0.717) is 16.9 Å². The second kappa shape index (κ2) is 9.49. The van der Waals surface area contributed by atoms with Crippen molar-refractivity contribution in [3.05, 3.63) is 65.6 Å². The first kappa shape index (κ1) is 24.5. The molecule has 0 radical (unpaired) electrons. The van der Waals surface area contributed by atoms with E-state index in [4.69, 9.17) is 10.5 Å². The number of benzene rings is 2. The molecule has 14 heteroatoms. The molecule has 0 amide bonds. The van der Waals surface area contributed by atoms with Gasteiger partial charge in [0.25, 0.3) is 0 Å². The smallest absolute Gasteiger partial charge is 0.163 e. The van der Waals surface area contributed by atoms with Crippen molar-refractivity contribution in [3.63, 3.8) is 0 Å². The van der Waals surface area contributed by atoms with Crippen molar-refractivity contribution in [3.8, 4) is 16.9 Å². The van der Waals surface area contributed by atoms with E-state index >= 15 is 0 Å². The molecule has 2 aromatic carbocycles. The molecule has 0 aliphatic carbocycles. The Morgan fingerprint density at radius 2 is 2.00 bits per heavy atom. The molecule has 5 N–H and O–H groups in total. The fraction of sp³-hybridized carbons (Fsp3) is 0.292. The van der Waals surface area contributed by atoms with Crippen LogP contribution in [-0.4, -0.2) is 75.0 Å². The quantitative estimate of drug-likeness (QED) is 0.241. The zero-order chi connectivity index (χ0) is 26.6. The van der Waals surface area contributed by atoms with E-state index in [1.165, 1.54) is 34.0 Å². The predicted molar refractivity (Wildman–Crippen MR) is 135 cm³/mol. The first-order chi connectivity index (χ1) is 18.3. The molecule has 1 aliphatic heterocycles. The monoisotopic (exact) mass is 538 g/mol. The number of aryl methyl sites for hydroxylation is 1. The number of nitrogen functional groups attached to an aromatic ring is 1. The van der Waals surface area contributed by atoms with Crippen molar-refractivity contribution in [2.75, 3.05) is 12.3 Å². The number of halogens is 1. The number of fused-ring (bicyclic) bond motifs is 1. The number of nitrogens with two attached hydrogens (primary N) is 1. The van der Waals surface area contributed by atoms with Gasteiger partial charge >= 0.3 is 0 Å². The molecule has 1 saturated heterocycles. The second-order valence-electron chi connectivity index (χ2n) is 8.98. The molecular weight excluding hydrogens is 515 g/mol. The lowest BCUT2D eigenvalue weighted by Gasteiger charge is -2.41. The Bertz CT molecular complexity index is 1620. The highest BCUT2D eigenvalue weighted by Crippen LogP contribution is 2.38. The van der Waals surface area contributed by atoms with Crippen LogP contribution in [0.1, 0.15) is 23.0 Å². The van der Waals surface area contributed by atoms with Crippen molar-refractivity contribution in [2.45, 2.75) is 37.4 Å².